The zero-order valence-electron chi connectivity index (χ0n) is 21.7. The van der Waals surface area contributed by atoms with Gasteiger partial charge in [-0.2, -0.15) is 9.97 Å². The lowest BCUT2D eigenvalue weighted by Gasteiger charge is -2.38. The number of piperidine rings is 1. The van der Waals surface area contributed by atoms with Gasteiger partial charge in [-0.15, -0.1) is 0 Å². The number of pyridine rings is 1. The van der Waals surface area contributed by atoms with Gasteiger partial charge in [-0.3, -0.25) is 4.98 Å². The number of nitrogens with one attached hydrogen (secondary N) is 2. The molecule has 2 atom stereocenters. The van der Waals surface area contributed by atoms with Gasteiger partial charge in [-0.1, -0.05) is 32.9 Å². The third kappa shape index (κ3) is 5.04. The molecule has 8 nitrogen and oxygen atoms in total. The Hall–Kier alpha value is -3.52. The molecule has 1 aromatic carbocycles. The second-order valence-electron chi connectivity index (χ2n) is 10.7. The number of hydrogen-bond donors (Lipinski definition) is 2. The molecule has 1 aliphatic rings. The Balaban J connectivity index is 1.41. The molecule has 36 heavy (non-hydrogen) atoms. The zero-order valence-corrected chi connectivity index (χ0v) is 21.7. The van der Waals surface area contributed by atoms with Crippen LogP contribution in [0.25, 0.3) is 11.2 Å². The smallest absolute Gasteiger partial charge is 0.229 e. The molecule has 4 heterocycles. The highest BCUT2D eigenvalue weighted by atomic mass is 16.5. The first-order valence-corrected chi connectivity index (χ1v) is 12.6. The number of methoxy groups -OCH3 is 1. The van der Waals surface area contributed by atoms with Gasteiger partial charge in [-0.05, 0) is 66.0 Å². The summed E-state index contributed by atoms with van der Waals surface area (Å²) in [5.74, 6) is 1.84. The molecule has 8 heteroatoms. The molecule has 5 rings (SSSR count). The minimum Gasteiger partial charge on any atom is -0.379 e. The van der Waals surface area contributed by atoms with E-state index in [-0.39, 0.29) is 11.5 Å². The van der Waals surface area contributed by atoms with Crippen molar-refractivity contribution in [3.63, 3.8) is 0 Å². The Labute approximate surface area is 212 Å². The van der Waals surface area contributed by atoms with Crippen LogP contribution >= 0.6 is 0 Å². The number of fused-ring (bicyclic) bond motifs is 1. The number of anilines is 3. The Kier molecular flexibility index (Phi) is 6.62. The fraction of sp³-hybridized carbons (Fsp3) is 0.429. The van der Waals surface area contributed by atoms with Crippen LogP contribution in [-0.4, -0.2) is 51.2 Å². The summed E-state index contributed by atoms with van der Waals surface area (Å²) in [6, 6.07) is 10.7. The molecule has 2 N–H and O–H groups in total. The highest BCUT2D eigenvalue weighted by molar-refractivity contribution is 5.86. The zero-order chi connectivity index (χ0) is 25.3. The molecule has 3 aromatic heterocycles. The molecule has 2 unspecified atom stereocenters. The van der Waals surface area contributed by atoms with Crippen molar-refractivity contribution in [2.45, 2.75) is 52.1 Å². The largest absolute Gasteiger partial charge is 0.379 e. The molecule has 0 aliphatic carbocycles. The van der Waals surface area contributed by atoms with Gasteiger partial charge < -0.3 is 19.9 Å². The number of rotatable bonds is 6. The second kappa shape index (κ2) is 9.85. The van der Waals surface area contributed by atoms with Crippen molar-refractivity contribution in [2.24, 2.45) is 5.92 Å². The van der Waals surface area contributed by atoms with Gasteiger partial charge in [0.1, 0.15) is 5.52 Å². The highest BCUT2D eigenvalue weighted by Gasteiger charge is 2.31. The van der Waals surface area contributed by atoms with Crippen LogP contribution in [0.5, 0.6) is 0 Å². The van der Waals surface area contributed by atoms with Crippen molar-refractivity contribution >= 4 is 28.6 Å². The molecular weight excluding hydrogens is 450 g/mol. The quantitative estimate of drug-likeness (QED) is 0.389. The monoisotopic (exact) mass is 485 g/mol. The van der Waals surface area contributed by atoms with Crippen molar-refractivity contribution in [2.75, 3.05) is 30.4 Å². The predicted molar refractivity (Wildman–Crippen MR) is 144 cm³/mol. The summed E-state index contributed by atoms with van der Waals surface area (Å²) in [4.78, 5) is 23.8. The molecular formula is C28H35N7O. The van der Waals surface area contributed by atoms with E-state index in [1.54, 1.807) is 13.4 Å². The van der Waals surface area contributed by atoms with Gasteiger partial charge in [0.15, 0.2) is 11.5 Å². The maximum atomic E-state index is 5.94. The minimum atomic E-state index is 0.0556. The number of ether oxygens (including phenoxy) is 1. The summed E-state index contributed by atoms with van der Waals surface area (Å²) in [6.07, 6.45) is 7.44. The van der Waals surface area contributed by atoms with Gasteiger partial charge >= 0.3 is 0 Å². The molecule has 0 saturated carbocycles. The number of aromatic nitrogens is 5. The van der Waals surface area contributed by atoms with Gasteiger partial charge in [0, 0.05) is 38.3 Å². The summed E-state index contributed by atoms with van der Waals surface area (Å²) in [5, 5.41) is 3.57. The Morgan fingerprint density at radius 3 is 2.69 bits per heavy atom. The van der Waals surface area contributed by atoms with E-state index in [0.717, 1.165) is 48.5 Å². The molecule has 1 fully saturated rings. The number of H-pyrrole nitrogens is 1. The van der Waals surface area contributed by atoms with E-state index in [2.05, 4.69) is 83.2 Å². The number of aryl methyl sites for hydroxylation is 1. The van der Waals surface area contributed by atoms with E-state index in [1.165, 1.54) is 11.1 Å². The van der Waals surface area contributed by atoms with Crippen LogP contribution < -0.4 is 10.2 Å². The Bertz CT molecular complexity index is 1330. The fourth-order valence-corrected chi connectivity index (χ4v) is 4.87. The van der Waals surface area contributed by atoms with Crippen LogP contribution in [0.2, 0.25) is 0 Å². The van der Waals surface area contributed by atoms with Crippen LogP contribution in [0.1, 0.15) is 43.9 Å². The van der Waals surface area contributed by atoms with Crippen molar-refractivity contribution in [3.8, 4) is 0 Å². The lowest BCUT2D eigenvalue weighted by molar-refractivity contribution is 0.0422. The average molecular weight is 486 g/mol. The van der Waals surface area contributed by atoms with E-state index in [0.29, 0.717) is 17.5 Å². The highest BCUT2D eigenvalue weighted by Crippen LogP contribution is 2.32. The summed E-state index contributed by atoms with van der Waals surface area (Å²) >= 11 is 0. The van der Waals surface area contributed by atoms with Crippen LogP contribution in [0.3, 0.4) is 0 Å². The minimum absolute atomic E-state index is 0.0556. The van der Waals surface area contributed by atoms with Crippen LogP contribution in [0, 0.1) is 12.8 Å². The fourth-order valence-electron chi connectivity index (χ4n) is 4.87. The van der Waals surface area contributed by atoms with Crippen molar-refractivity contribution < 1.29 is 4.74 Å². The lowest BCUT2D eigenvalue weighted by atomic mass is 9.86. The number of nitrogens with zero attached hydrogens (tertiary/aromatic N) is 5. The van der Waals surface area contributed by atoms with E-state index in [4.69, 9.17) is 14.7 Å². The molecule has 0 amide bonds. The lowest BCUT2D eigenvalue weighted by Crippen LogP contribution is -2.46. The summed E-state index contributed by atoms with van der Waals surface area (Å²) in [6.45, 7) is 10.4. The molecule has 1 aliphatic heterocycles. The maximum absolute atomic E-state index is 5.94. The maximum Gasteiger partial charge on any atom is 0.229 e. The summed E-state index contributed by atoms with van der Waals surface area (Å²) < 4.78 is 5.94. The first kappa shape index (κ1) is 24.2. The van der Waals surface area contributed by atoms with Gasteiger partial charge in [-0.25, -0.2) is 4.98 Å². The van der Waals surface area contributed by atoms with E-state index < -0.39 is 0 Å². The van der Waals surface area contributed by atoms with Crippen LogP contribution in [-0.2, 0) is 16.6 Å². The number of imidazole rings is 1. The number of hydrogen-bond acceptors (Lipinski definition) is 7. The van der Waals surface area contributed by atoms with Crippen molar-refractivity contribution in [1.82, 2.24) is 24.9 Å². The normalized spacial score (nSPS) is 18.5. The summed E-state index contributed by atoms with van der Waals surface area (Å²) in [5.41, 5.74) is 6.26. The molecule has 0 bridgehead atoms. The predicted octanol–water partition coefficient (Wildman–Crippen LogP) is 5.18. The van der Waals surface area contributed by atoms with E-state index >= 15 is 0 Å². The molecule has 0 spiro atoms. The molecule has 0 radical (unpaired) electrons. The second-order valence-corrected chi connectivity index (χ2v) is 10.7. The first-order valence-electron chi connectivity index (χ1n) is 12.6. The number of benzene rings is 1. The van der Waals surface area contributed by atoms with Crippen molar-refractivity contribution in [1.29, 1.82) is 0 Å². The number of aromatic amines is 1. The van der Waals surface area contributed by atoms with Crippen LogP contribution in [0.4, 0.5) is 17.5 Å². The molecule has 1 saturated heterocycles. The molecule has 188 valence electrons. The van der Waals surface area contributed by atoms with Gasteiger partial charge in [0.2, 0.25) is 5.95 Å². The van der Waals surface area contributed by atoms with E-state index in [9.17, 15) is 0 Å². The van der Waals surface area contributed by atoms with Crippen LogP contribution in [0.15, 0.2) is 49.1 Å². The van der Waals surface area contributed by atoms with E-state index in [1.807, 2.05) is 12.4 Å². The van der Waals surface area contributed by atoms with Gasteiger partial charge in [0.25, 0.3) is 0 Å². The SMILES string of the molecule is COC1CN(c2nc(Nc3cc(C(C)(C)C)ccc3C)c3[nH]cnc3n2)CCC1Cc1ccncc1. The topological polar surface area (TPSA) is 91.8 Å². The Morgan fingerprint density at radius 1 is 1.14 bits per heavy atom. The average Bonchev–Trinajstić information content (AvgIpc) is 3.35. The molecule has 4 aromatic rings. The Morgan fingerprint density at radius 2 is 1.94 bits per heavy atom. The standard InChI is InChI=1S/C28H35N7O/c1-18-6-7-21(28(2,3)4)15-22(18)32-26-24-25(31-17-30-24)33-27(34-26)35-13-10-20(23(16-35)36-5)14-19-8-11-29-12-9-19/h6-9,11-12,15,17,20,23H,10,13-14,16H2,1-5H3,(H2,30,31,32,33,34). The van der Waals surface area contributed by atoms with Crippen molar-refractivity contribution in [3.05, 3.63) is 65.7 Å². The third-order valence-electron chi connectivity index (χ3n) is 7.16. The third-order valence-corrected chi connectivity index (χ3v) is 7.16. The van der Waals surface area contributed by atoms with Gasteiger partial charge in [0.05, 0.1) is 12.4 Å². The summed E-state index contributed by atoms with van der Waals surface area (Å²) in [7, 11) is 1.80. The first-order chi connectivity index (χ1) is 17.3.